The van der Waals surface area contributed by atoms with Crippen LogP contribution in [0.5, 0.6) is 0 Å². The maximum atomic E-state index is 13.0. The lowest BCUT2D eigenvalue weighted by Gasteiger charge is -2.33. The molecule has 0 aliphatic carbocycles. The third-order valence-electron chi connectivity index (χ3n) is 8.31. The molecule has 16 heteroatoms. The van der Waals surface area contributed by atoms with E-state index >= 15 is 0 Å². The van der Waals surface area contributed by atoms with Crippen LogP contribution in [-0.4, -0.2) is 109 Å². The highest BCUT2D eigenvalue weighted by molar-refractivity contribution is 5.83. The van der Waals surface area contributed by atoms with Gasteiger partial charge in [0.25, 0.3) is 0 Å². The fraction of sp³-hybridized carbons (Fsp3) is 0.818. The van der Waals surface area contributed by atoms with Crippen molar-refractivity contribution in [2.24, 2.45) is 29.4 Å². The number of nitrogens with two attached hydrogens (primary N) is 1. The second-order valence-electron chi connectivity index (χ2n) is 13.1. The van der Waals surface area contributed by atoms with Crippen LogP contribution in [0.1, 0.15) is 111 Å². The fourth-order valence-corrected chi connectivity index (χ4v) is 5.60. The molecule has 0 aromatic heterocycles. The number of carboxylic acids is 4. The van der Waals surface area contributed by atoms with Crippen LogP contribution in [-0.2, 0) is 38.2 Å². The van der Waals surface area contributed by atoms with Crippen LogP contribution in [0, 0.1) is 23.7 Å². The summed E-state index contributed by atoms with van der Waals surface area (Å²) in [6, 6.07) is 0. The molecule has 0 saturated heterocycles. The Kier molecular flexibility index (Phi) is 23.1. The monoisotopic (exact) mass is 707 g/mol. The van der Waals surface area contributed by atoms with Crippen LogP contribution in [0.25, 0.3) is 0 Å². The van der Waals surface area contributed by atoms with Gasteiger partial charge in [-0.1, -0.05) is 46.5 Å². The van der Waals surface area contributed by atoms with Crippen molar-refractivity contribution in [1.29, 1.82) is 0 Å². The molecule has 0 saturated carbocycles. The van der Waals surface area contributed by atoms with E-state index in [2.05, 4.69) is 0 Å². The molecule has 0 rings (SSSR count). The largest absolute Gasteiger partial charge is 0.481 e. The predicted octanol–water partition coefficient (Wildman–Crippen LogP) is 2.18. The lowest BCUT2D eigenvalue weighted by Crippen LogP contribution is -2.42. The average molecular weight is 708 g/mol. The number of esters is 2. The summed E-state index contributed by atoms with van der Waals surface area (Å²) in [5.74, 6) is -12.0. The first kappa shape index (κ1) is 45.7. The van der Waals surface area contributed by atoms with E-state index in [-0.39, 0.29) is 31.7 Å². The standard InChI is InChI=1S/C33H57NO15/c1-4-5-8-20(3)31(49-30(43)16-22(33(46)47)14-28(40)41)26(48-29(42)15-21(32(44)45)13-27(38)39)12-19(2)11-23(35)9-6-7-10-24(36)17-25(37)18-34/h19-26,31,35-37H,4-18,34H2,1-3H3,(H,38,39)(H,40,41)(H,44,45)(H,46,47). The van der Waals surface area contributed by atoms with Crippen LogP contribution < -0.4 is 5.73 Å². The van der Waals surface area contributed by atoms with Crippen molar-refractivity contribution in [3.8, 4) is 0 Å². The molecule has 0 heterocycles. The van der Waals surface area contributed by atoms with Crippen LogP contribution in [0.2, 0.25) is 0 Å². The molecule has 0 amide bonds. The molecule has 16 nitrogen and oxygen atoms in total. The van der Waals surface area contributed by atoms with E-state index in [9.17, 15) is 54.3 Å². The first-order chi connectivity index (χ1) is 22.9. The third kappa shape index (κ3) is 21.4. The highest BCUT2D eigenvalue weighted by Crippen LogP contribution is 2.29. The van der Waals surface area contributed by atoms with E-state index in [1.807, 2.05) is 6.92 Å². The van der Waals surface area contributed by atoms with Gasteiger partial charge in [-0.15, -0.1) is 0 Å². The van der Waals surface area contributed by atoms with Gasteiger partial charge >= 0.3 is 35.8 Å². The summed E-state index contributed by atoms with van der Waals surface area (Å²) in [5.41, 5.74) is 5.37. The summed E-state index contributed by atoms with van der Waals surface area (Å²) in [4.78, 5) is 71.6. The molecule has 0 aliphatic heterocycles. The number of carbonyl (C=O) groups is 6. The normalized spacial score (nSPS) is 17.0. The third-order valence-corrected chi connectivity index (χ3v) is 8.31. The smallest absolute Gasteiger partial charge is 0.307 e. The molecule has 0 aliphatic rings. The van der Waals surface area contributed by atoms with Gasteiger partial charge in [0.2, 0.25) is 0 Å². The number of rotatable bonds is 29. The number of hydrogen-bond donors (Lipinski definition) is 8. The maximum absolute atomic E-state index is 13.0. The number of carboxylic acid groups (broad SMARTS) is 4. The minimum Gasteiger partial charge on any atom is -0.481 e. The van der Waals surface area contributed by atoms with Gasteiger partial charge < -0.3 is 51.0 Å². The van der Waals surface area contributed by atoms with Gasteiger partial charge in [0.05, 0.1) is 55.8 Å². The van der Waals surface area contributed by atoms with Crippen molar-refractivity contribution in [2.45, 2.75) is 141 Å². The van der Waals surface area contributed by atoms with E-state index in [0.29, 0.717) is 38.5 Å². The first-order valence-corrected chi connectivity index (χ1v) is 16.9. The van der Waals surface area contributed by atoms with Gasteiger partial charge in [-0.3, -0.25) is 28.8 Å². The zero-order chi connectivity index (χ0) is 37.7. The second-order valence-corrected chi connectivity index (χ2v) is 13.1. The molecule has 0 radical (unpaired) electrons. The first-order valence-electron chi connectivity index (χ1n) is 16.9. The number of ether oxygens (including phenoxy) is 2. The highest BCUT2D eigenvalue weighted by Gasteiger charge is 2.37. The Labute approximate surface area is 287 Å². The Balaban J connectivity index is 6.00. The average Bonchev–Trinajstić information content (AvgIpc) is 2.99. The Morgan fingerprint density at radius 1 is 0.612 bits per heavy atom. The highest BCUT2D eigenvalue weighted by atomic mass is 16.6. The van der Waals surface area contributed by atoms with Crippen LogP contribution in [0.3, 0.4) is 0 Å². The van der Waals surface area contributed by atoms with Crippen molar-refractivity contribution in [3.63, 3.8) is 0 Å². The van der Waals surface area contributed by atoms with Gasteiger partial charge in [-0.2, -0.15) is 0 Å². The maximum Gasteiger partial charge on any atom is 0.307 e. The summed E-state index contributed by atoms with van der Waals surface area (Å²) in [6.07, 6.45) is -3.63. The Hall–Kier alpha value is -3.34. The quantitative estimate of drug-likeness (QED) is 0.0408. The zero-order valence-electron chi connectivity index (χ0n) is 28.8. The summed E-state index contributed by atoms with van der Waals surface area (Å²) in [7, 11) is 0. The number of unbranched alkanes of at least 4 members (excludes halogenated alkanes) is 2. The fourth-order valence-electron chi connectivity index (χ4n) is 5.60. The van der Waals surface area contributed by atoms with Gasteiger partial charge in [0, 0.05) is 13.0 Å². The van der Waals surface area contributed by atoms with Gasteiger partial charge in [-0.25, -0.2) is 0 Å². The zero-order valence-corrected chi connectivity index (χ0v) is 28.8. The van der Waals surface area contributed by atoms with E-state index in [1.54, 1.807) is 13.8 Å². The molecule has 0 aromatic rings. The summed E-state index contributed by atoms with van der Waals surface area (Å²) in [6.45, 7) is 5.45. The topological polar surface area (TPSA) is 289 Å². The molecule has 0 fully saturated rings. The van der Waals surface area contributed by atoms with Crippen molar-refractivity contribution < 1.29 is 74.0 Å². The molecular weight excluding hydrogens is 650 g/mol. The molecule has 0 aromatic carbocycles. The predicted molar refractivity (Wildman–Crippen MR) is 173 cm³/mol. The van der Waals surface area contributed by atoms with Crippen molar-refractivity contribution in [1.82, 2.24) is 0 Å². The molecule has 0 bridgehead atoms. The van der Waals surface area contributed by atoms with Gasteiger partial charge in [-0.05, 0) is 43.9 Å². The number of aliphatic carboxylic acids is 4. The minimum atomic E-state index is -1.59. The molecule has 284 valence electrons. The lowest BCUT2D eigenvalue weighted by atomic mass is 9.87. The molecule has 9 unspecified atom stereocenters. The molecule has 0 spiro atoms. The summed E-state index contributed by atoms with van der Waals surface area (Å²) in [5, 5.41) is 67.3. The van der Waals surface area contributed by atoms with Crippen molar-refractivity contribution in [3.05, 3.63) is 0 Å². The number of carbonyl (C=O) groups excluding carboxylic acids is 2. The molecule has 49 heavy (non-hydrogen) atoms. The van der Waals surface area contributed by atoms with Crippen molar-refractivity contribution in [2.75, 3.05) is 6.54 Å². The summed E-state index contributed by atoms with van der Waals surface area (Å²) >= 11 is 0. The number of hydrogen-bond acceptors (Lipinski definition) is 12. The minimum absolute atomic E-state index is 0.0288. The van der Waals surface area contributed by atoms with Crippen LogP contribution in [0.15, 0.2) is 0 Å². The molecular formula is C33H57NO15. The second kappa shape index (κ2) is 24.7. The van der Waals surface area contributed by atoms with Crippen molar-refractivity contribution >= 4 is 35.8 Å². The van der Waals surface area contributed by atoms with E-state index in [4.69, 9.17) is 25.4 Å². The van der Waals surface area contributed by atoms with Crippen LogP contribution >= 0.6 is 0 Å². The van der Waals surface area contributed by atoms with Gasteiger partial charge in [0.1, 0.15) is 12.2 Å². The number of aliphatic hydroxyl groups is 3. The van der Waals surface area contributed by atoms with E-state index < -0.39 is 110 Å². The lowest BCUT2D eigenvalue weighted by molar-refractivity contribution is -0.177. The van der Waals surface area contributed by atoms with E-state index in [0.717, 1.165) is 6.42 Å². The Bertz CT molecular complexity index is 1040. The molecule has 9 atom stereocenters. The van der Waals surface area contributed by atoms with E-state index in [1.165, 1.54) is 0 Å². The Morgan fingerprint density at radius 3 is 1.51 bits per heavy atom. The SMILES string of the molecule is CCCCC(C)C(OC(=O)CC(CC(=O)O)C(=O)O)C(CC(C)CC(O)CCCCC(O)CC(O)CN)OC(=O)CC(CC(=O)O)C(=O)O. The van der Waals surface area contributed by atoms with Crippen LogP contribution in [0.4, 0.5) is 0 Å². The number of aliphatic hydroxyl groups excluding tert-OH is 3. The van der Waals surface area contributed by atoms with Gasteiger partial charge in [0.15, 0.2) is 0 Å². The Morgan fingerprint density at radius 2 is 1.08 bits per heavy atom. The molecule has 9 N–H and O–H groups in total. The summed E-state index contributed by atoms with van der Waals surface area (Å²) < 4.78 is 11.4.